The van der Waals surface area contributed by atoms with Crippen LogP contribution in [-0.4, -0.2) is 38.0 Å². The van der Waals surface area contributed by atoms with Crippen molar-refractivity contribution >= 4 is 5.91 Å². The fraction of sp³-hybridized carbons (Fsp3) is 0.562. The Morgan fingerprint density at radius 3 is 2.58 bits per heavy atom. The Morgan fingerprint density at radius 1 is 1.16 bits per heavy atom. The molecular weight excluding hydrogens is 236 g/mol. The molecule has 1 aromatic rings. The van der Waals surface area contributed by atoms with E-state index in [2.05, 4.69) is 29.6 Å². The number of hydrogen-bond acceptors (Lipinski definition) is 2. The Labute approximate surface area is 117 Å². The van der Waals surface area contributed by atoms with Crippen molar-refractivity contribution in [3.63, 3.8) is 0 Å². The predicted octanol–water partition coefficient (Wildman–Crippen LogP) is 2.47. The predicted molar refractivity (Wildman–Crippen MR) is 80.2 cm³/mol. The van der Waals surface area contributed by atoms with E-state index in [-0.39, 0.29) is 5.91 Å². The third-order valence-corrected chi connectivity index (χ3v) is 3.29. The van der Waals surface area contributed by atoms with Gasteiger partial charge in [-0.25, -0.2) is 0 Å². The summed E-state index contributed by atoms with van der Waals surface area (Å²) in [7, 11) is 3.82. The van der Waals surface area contributed by atoms with Crippen LogP contribution >= 0.6 is 0 Å². The first-order chi connectivity index (χ1) is 9.24. The van der Waals surface area contributed by atoms with E-state index in [4.69, 9.17) is 0 Å². The summed E-state index contributed by atoms with van der Waals surface area (Å²) < 4.78 is 0. The second-order valence-electron chi connectivity index (χ2n) is 4.97. The maximum atomic E-state index is 11.8. The first-order valence-electron chi connectivity index (χ1n) is 7.16. The summed E-state index contributed by atoms with van der Waals surface area (Å²) >= 11 is 0. The molecule has 0 aromatic heterocycles. The van der Waals surface area contributed by atoms with Crippen molar-refractivity contribution < 1.29 is 4.79 Å². The van der Waals surface area contributed by atoms with Gasteiger partial charge in [-0.3, -0.25) is 4.79 Å². The highest BCUT2D eigenvalue weighted by molar-refractivity contribution is 5.75. The van der Waals surface area contributed by atoms with E-state index in [0.29, 0.717) is 6.42 Å². The fourth-order valence-electron chi connectivity index (χ4n) is 2.05. The lowest BCUT2D eigenvalue weighted by molar-refractivity contribution is -0.130. The number of amides is 1. The molecule has 0 atom stereocenters. The highest BCUT2D eigenvalue weighted by atomic mass is 16.2. The van der Waals surface area contributed by atoms with Crippen LogP contribution in [0.1, 0.15) is 31.2 Å². The van der Waals surface area contributed by atoms with Crippen LogP contribution in [0.5, 0.6) is 0 Å². The molecule has 0 saturated carbocycles. The number of benzene rings is 1. The number of nitrogens with zero attached hydrogens (tertiary/aromatic N) is 1. The molecule has 0 fully saturated rings. The normalized spacial score (nSPS) is 10.4. The van der Waals surface area contributed by atoms with E-state index in [1.807, 2.05) is 25.1 Å². The standard InChI is InChI=1S/C16H26N2O/c1-17-13-8-12-16(19)18(2)14-7-6-11-15-9-4-3-5-10-15/h3-5,9-10,17H,6-8,11-14H2,1-2H3. The average molecular weight is 262 g/mol. The fourth-order valence-corrected chi connectivity index (χ4v) is 2.05. The van der Waals surface area contributed by atoms with Gasteiger partial charge in [0.15, 0.2) is 0 Å². The van der Waals surface area contributed by atoms with E-state index in [1.165, 1.54) is 5.56 Å². The summed E-state index contributed by atoms with van der Waals surface area (Å²) in [4.78, 5) is 13.6. The number of carbonyl (C=O) groups excluding carboxylic acids is 1. The molecule has 0 saturated heterocycles. The molecule has 0 unspecified atom stereocenters. The van der Waals surface area contributed by atoms with Crippen LogP contribution in [-0.2, 0) is 11.2 Å². The molecule has 3 nitrogen and oxygen atoms in total. The van der Waals surface area contributed by atoms with E-state index >= 15 is 0 Å². The Balaban J connectivity index is 2.09. The van der Waals surface area contributed by atoms with Gasteiger partial charge in [0.2, 0.25) is 5.91 Å². The van der Waals surface area contributed by atoms with Crippen LogP contribution in [0.15, 0.2) is 30.3 Å². The maximum absolute atomic E-state index is 11.8. The van der Waals surface area contributed by atoms with Gasteiger partial charge in [0.05, 0.1) is 0 Å². The number of carbonyl (C=O) groups is 1. The third-order valence-electron chi connectivity index (χ3n) is 3.29. The number of hydrogen-bond donors (Lipinski definition) is 1. The smallest absolute Gasteiger partial charge is 0.222 e. The number of unbranched alkanes of at least 4 members (excludes halogenated alkanes) is 1. The minimum Gasteiger partial charge on any atom is -0.346 e. The Bertz CT molecular complexity index is 351. The molecule has 19 heavy (non-hydrogen) atoms. The molecule has 0 aliphatic carbocycles. The van der Waals surface area contributed by atoms with E-state index < -0.39 is 0 Å². The van der Waals surface area contributed by atoms with Gasteiger partial charge in [0.1, 0.15) is 0 Å². The zero-order valence-electron chi connectivity index (χ0n) is 12.2. The van der Waals surface area contributed by atoms with Crippen LogP contribution in [0.2, 0.25) is 0 Å². The van der Waals surface area contributed by atoms with Crippen molar-refractivity contribution in [2.75, 3.05) is 27.2 Å². The second-order valence-corrected chi connectivity index (χ2v) is 4.97. The first-order valence-corrected chi connectivity index (χ1v) is 7.16. The van der Waals surface area contributed by atoms with Crippen molar-refractivity contribution in [1.82, 2.24) is 10.2 Å². The summed E-state index contributed by atoms with van der Waals surface area (Å²) in [6.07, 6.45) is 4.88. The average Bonchev–Trinajstić information content (AvgIpc) is 2.44. The molecule has 0 radical (unpaired) electrons. The van der Waals surface area contributed by atoms with Crippen molar-refractivity contribution in [1.29, 1.82) is 0 Å². The van der Waals surface area contributed by atoms with Crippen LogP contribution in [0.4, 0.5) is 0 Å². The molecular formula is C16H26N2O. The third kappa shape index (κ3) is 6.97. The Morgan fingerprint density at radius 2 is 1.89 bits per heavy atom. The first kappa shape index (κ1) is 15.7. The van der Waals surface area contributed by atoms with E-state index in [1.54, 1.807) is 0 Å². The molecule has 1 rings (SSSR count). The zero-order valence-corrected chi connectivity index (χ0v) is 12.2. The summed E-state index contributed by atoms with van der Waals surface area (Å²) in [5, 5.41) is 3.06. The molecule has 106 valence electrons. The molecule has 0 spiro atoms. The minimum atomic E-state index is 0.259. The van der Waals surface area contributed by atoms with Gasteiger partial charge in [0, 0.05) is 20.0 Å². The Hall–Kier alpha value is -1.35. The Kier molecular flexibility index (Phi) is 7.91. The zero-order chi connectivity index (χ0) is 13.9. The van der Waals surface area contributed by atoms with Gasteiger partial charge in [0.25, 0.3) is 0 Å². The molecule has 0 heterocycles. The lowest BCUT2D eigenvalue weighted by atomic mass is 10.1. The summed E-state index contributed by atoms with van der Waals surface area (Å²) in [6.45, 7) is 1.78. The van der Waals surface area contributed by atoms with Crippen LogP contribution < -0.4 is 5.32 Å². The lowest BCUT2D eigenvalue weighted by Gasteiger charge is -2.17. The highest BCUT2D eigenvalue weighted by Gasteiger charge is 2.07. The quantitative estimate of drug-likeness (QED) is 0.693. The van der Waals surface area contributed by atoms with Crippen molar-refractivity contribution in [3.05, 3.63) is 35.9 Å². The molecule has 0 bridgehead atoms. The van der Waals surface area contributed by atoms with E-state index in [9.17, 15) is 4.79 Å². The lowest BCUT2D eigenvalue weighted by Crippen LogP contribution is -2.28. The van der Waals surface area contributed by atoms with Crippen molar-refractivity contribution in [2.24, 2.45) is 0 Å². The largest absolute Gasteiger partial charge is 0.346 e. The minimum absolute atomic E-state index is 0.259. The molecule has 3 heteroatoms. The number of nitrogens with one attached hydrogen (secondary N) is 1. The van der Waals surface area contributed by atoms with Gasteiger partial charge in [-0.1, -0.05) is 30.3 Å². The SMILES string of the molecule is CNCCCC(=O)N(C)CCCCc1ccccc1. The van der Waals surface area contributed by atoms with Crippen LogP contribution in [0, 0.1) is 0 Å². The topological polar surface area (TPSA) is 32.3 Å². The van der Waals surface area contributed by atoms with Gasteiger partial charge in [-0.15, -0.1) is 0 Å². The summed E-state index contributed by atoms with van der Waals surface area (Å²) in [6, 6.07) is 10.5. The summed E-state index contributed by atoms with van der Waals surface area (Å²) in [5.74, 6) is 0.259. The van der Waals surface area contributed by atoms with Gasteiger partial charge < -0.3 is 10.2 Å². The number of aryl methyl sites for hydroxylation is 1. The molecule has 0 aliphatic heterocycles. The highest BCUT2D eigenvalue weighted by Crippen LogP contribution is 2.05. The van der Waals surface area contributed by atoms with Crippen LogP contribution in [0.25, 0.3) is 0 Å². The van der Waals surface area contributed by atoms with Gasteiger partial charge in [-0.05, 0) is 44.8 Å². The van der Waals surface area contributed by atoms with Crippen LogP contribution in [0.3, 0.4) is 0 Å². The van der Waals surface area contributed by atoms with Crippen molar-refractivity contribution in [3.8, 4) is 0 Å². The maximum Gasteiger partial charge on any atom is 0.222 e. The molecule has 1 aromatic carbocycles. The van der Waals surface area contributed by atoms with Gasteiger partial charge in [-0.2, -0.15) is 0 Å². The van der Waals surface area contributed by atoms with Crippen molar-refractivity contribution in [2.45, 2.75) is 32.1 Å². The number of rotatable bonds is 9. The second kappa shape index (κ2) is 9.56. The van der Waals surface area contributed by atoms with Gasteiger partial charge >= 0.3 is 0 Å². The molecule has 1 amide bonds. The summed E-state index contributed by atoms with van der Waals surface area (Å²) in [5.41, 5.74) is 1.38. The molecule has 1 N–H and O–H groups in total. The van der Waals surface area contributed by atoms with E-state index in [0.717, 1.165) is 38.8 Å². The monoisotopic (exact) mass is 262 g/mol. The molecule has 0 aliphatic rings.